The molecule has 148 valence electrons. The van der Waals surface area contributed by atoms with Crippen molar-refractivity contribution in [3.05, 3.63) is 36.2 Å². The lowest BCUT2D eigenvalue weighted by Gasteiger charge is -2.40. The number of rotatable bonds is 6. The summed E-state index contributed by atoms with van der Waals surface area (Å²) >= 11 is 0. The van der Waals surface area contributed by atoms with E-state index in [1.165, 1.54) is 0 Å². The number of nitrogens with zero attached hydrogens (tertiary/aromatic N) is 3. The molecular formula is C21H25N3O4. The lowest BCUT2D eigenvalue weighted by Crippen LogP contribution is -2.46. The van der Waals surface area contributed by atoms with Gasteiger partial charge >= 0.3 is 5.97 Å². The average molecular weight is 383 g/mol. The maximum Gasteiger partial charge on any atom is 0.356 e. The monoisotopic (exact) mass is 383 g/mol. The summed E-state index contributed by atoms with van der Waals surface area (Å²) in [5.74, 6) is -0.0861. The first-order chi connectivity index (χ1) is 13.6. The summed E-state index contributed by atoms with van der Waals surface area (Å²) in [4.78, 5) is 22.9. The summed E-state index contributed by atoms with van der Waals surface area (Å²) in [7, 11) is 0. The SMILES string of the molecule is CCOc1ncccc1-c1ccc(N2CC[C@H](O)C[C@@H]2C2CC2)c(C(=O)O)n1. The number of carboxylic acids is 1. The second-order valence-electron chi connectivity index (χ2n) is 7.43. The topological polar surface area (TPSA) is 95.8 Å². The van der Waals surface area contributed by atoms with Crippen molar-refractivity contribution >= 4 is 11.7 Å². The standard InChI is InChI=1S/C21H25N3O4/c1-2-28-20-15(4-3-10-22-20)16-7-8-17(19(23-16)21(26)27)24-11-9-14(25)12-18(24)13-5-6-13/h3-4,7-8,10,13-14,18,25H,2,5-6,9,11-12H2,1H3,(H,26,27)/t14-,18+/m0/s1. The van der Waals surface area contributed by atoms with Gasteiger partial charge < -0.3 is 19.8 Å². The van der Waals surface area contributed by atoms with Gasteiger partial charge in [-0.3, -0.25) is 0 Å². The zero-order valence-electron chi connectivity index (χ0n) is 15.9. The van der Waals surface area contributed by atoms with Gasteiger partial charge in [0, 0.05) is 18.8 Å². The molecule has 1 saturated carbocycles. The van der Waals surface area contributed by atoms with Gasteiger partial charge in [0.05, 0.1) is 29.7 Å². The van der Waals surface area contributed by atoms with Gasteiger partial charge in [0.25, 0.3) is 0 Å². The van der Waals surface area contributed by atoms with Crippen molar-refractivity contribution in [2.24, 2.45) is 5.92 Å². The van der Waals surface area contributed by atoms with E-state index in [1.807, 2.05) is 25.1 Å². The highest BCUT2D eigenvalue weighted by Gasteiger charge is 2.40. The lowest BCUT2D eigenvalue weighted by molar-refractivity contribution is 0.0690. The van der Waals surface area contributed by atoms with E-state index in [-0.39, 0.29) is 17.8 Å². The van der Waals surface area contributed by atoms with Crippen LogP contribution in [0.3, 0.4) is 0 Å². The zero-order valence-corrected chi connectivity index (χ0v) is 15.9. The number of pyridine rings is 2. The van der Waals surface area contributed by atoms with Crippen LogP contribution in [0.4, 0.5) is 5.69 Å². The van der Waals surface area contributed by atoms with Crippen LogP contribution in [0.1, 0.15) is 43.1 Å². The molecule has 28 heavy (non-hydrogen) atoms. The summed E-state index contributed by atoms with van der Waals surface area (Å²) in [6.07, 6.45) is 4.92. The predicted molar refractivity (Wildman–Crippen MR) is 105 cm³/mol. The van der Waals surface area contributed by atoms with Gasteiger partial charge in [-0.05, 0) is 62.8 Å². The van der Waals surface area contributed by atoms with Crippen LogP contribution in [0.15, 0.2) is 30.5 Å². The smallest absolute Gasteiger partial charge is 0.356 e. The highest BCUT2D eigenvalue weighted by Crippen LogP contribution is 2.42. The lowest BCUT2D eigenvalue weighted by atomic mass is 9.94. The summed E-state index contributed by atoms with van der Waals surface area (Å²) in [5.41, 5.74) is 1.86. The molecule has 1 saturated heterocycles. The number of aromatic nitrogens is 2. The number of anilines is 1. The number of hydrogen-bond acceptors (Lipinski definition) is 6. The fourth-order valence-corrected chi connectivity index (χ4v) is 4.03. The van der Waals surface area contributed by atoms with Gasteiger partial charge in [0.2, 0.25) is 5.88 Å². The van der Waals surface area contributed by atoms with Crippen LogP contribution in [0.2, 0.25) is 0 Å². The molecule has 4 rings (SSSR count). The first-order valence-corrected chi connectivity index (χ1v) is 9.85. The Balaban J connectivity index is 1.73. The summed E-state index contributed by atoms with van der Waals surface area (Å²) in [6, 6.07) is 7.45. The average Bonchev–Trinajstić information content (AvgIpc) is 3.53. The molecule has 2 fully saturated rings. The Hall–Kier alpha value is -2.67. The minimum absolute atomic E-state index is 0.0332. The van der Waals surface area contributed by atoms with Crippen molar-refractivity contribution in [2.45, 2.75) is 44.8 Å². The molecule has 2 aromatic heterocycles. The molecule has 2 atom stereocenters. The van der Waals surface area contributed by atoms with Gasteiger partial charge in [-0.2, -0.15) is 0 Å². The zero-order chi connectivity index (χ0) is 19.7. The molecule has 0 aromatic carbocycles. The number of aliphatic hydroxyl groups is 1. The second-order valence-corrected chi connectivity index (χ2v) is 7.43. The molecule has 3 heterocycles. The molecule has 0 radical (unpaired) electrons. The Kier molecular flexibility index (Phi) is 5.17. The number of ether oxygens (including phenoxy) is 1. The quantitative estimate of drug-likeness (QED) is 0.792. The van der Waals surface area contributed by atoms with E-state index in [2.05, 4.69) is 14.9 Å². The van der Waals surface area contributed by atoms with Gasteiger partial charge in [-0.15, -0.1) is 0 Å². The Morgan fingerprint density at radius 2 is 2.11 bits per heavy atom. The largest absolute Gasteiger partial charge is 0.477 e. The van der Waals surface area contributed by atoms with E-state index < -0.39 is 5.97 Å². The third-order valence-electron chi connectivity index (χ3n) is 5.50. The Labute approximate surface area is 164 Å². The van der Waals surface area contributed by atoms with Crippen LogP contribution < -0.4 is 9.64 Å². The maximum atomic E-state index is 12.0. The van der Waals surface area contributed by atoms with E-state index >= 15 is 0 Å². The van der Waals surface area contributed by atoms with Crippen molar-refractivity contribution in [1.29, 1.82) is 0 Å². The van der Waals surface area contributed by atoms with Crippen molar-refractivity contribution < 1.29 is 19.7 Å². The molecule has 0 unspecified atom stereocenters. The number of carboxylic acid groups (broad SMARTS) is 1. The fourth-order valence-electron chi connectivity index (χ4n) is 4.03. The molecule has 1 aliphatic carbocycles. The normalized spacial score (nSPS) is 22.1. The van der Waals surface area contributed by atoms with E-state index in [4.69, 9.17) is 4.74 Å². The van der Waals surface area contributed by atoms with Gasteiger partial charge in [-0.1, -0.05) is 0 Å². The minimum Gasteiger partial charge on any atom is -0.477 e. The molecule has 0 amide bonds. The molecule has 2 aromatic rings. The molecular weight excluding hydrogens is 358 g/mol. The summed E-state index contributed by atoms with van der Waals surface area (Å²) in [5, 5.41) is 19.9. The third kappa shape index (κ3) is 3.67. The van der Waals surface area contributed by atoms with Crippen LogP contribution in [0, 0.1) is 5.92 Å². The fraction of sp³-hybridized carbons (Fsp3) is 0.476. The van der Waals surface area contributed by atoms with E-state index in [1.54, 1.807) is 12.3 Å². The van der Waals surface area contributed by atoms with Crippen molar-refractivity contribution in [3.63, 3.8) is 0 Å². The van der Waals surface area contributed by atoms with E-state index in [9.17, 15) is 15.0 Å². The number of hydrogen-bond donors (Lipinski definition) is 2. The molecule has 0 bridgehead atoms. The summed E-state index contributed by atoms with van der Waals surface area (Å²) in [6.45, 7) is 2.98. The van der Waals surface area contributed by atoms with Crippen LogP contribution in [0.25, 0.3) is 11.3 Å². The van der Waals surface area contributed by atoms with Crippen LogP contribution in [-0.2, 0) is 0 Å². The van der Waals surface area contributed by atoms with Crippen molar-refractivity contribution in [1.82, 2.24) is 9.97 Å². The maximum absolute atomic E-state index is 12.0. The number of carbonyl (C=O) groups is 1. The van der Waals surface area contributed by atoms with Gasteiger partial charge in [0.1, 0.15) is 0 Å². The van der Waals surface area contributed by atoms with Crippen LogP contribution >= 0.6 is 0 Å². The third-order valence-corrected chi connectivity index (χ3v) is 5.50. The number of aromatic carboxylic acids is 1. The minimum atomic E-state index is -1.06. The van der Waals surface area contributed by atoms with Crippen molar-refractivity contribution in [3.8, 4) is 17.1 Å². The second kappa shape index (κ2) is 7.75. The van der Waals surface area contributed by atoms with E-state index in [0.717, 1.165) is 12.8 Å². The highest BCUT2D eigenvalue weighted by molar-refractivity contribution is 5.93. The van der Waals surface area contributed by atoms with Gasteiger partial charge in [0.15, 0.2) is 5.69 Å². The van der Waals surface area contributed by atoms with E-state index in [0.29, 0.717) is 54.7 Å². The Morgan fingerprint density at radius 1 is 1.29 bits per heavy atom. The Bertz CT molecular complexity index is 868. The van der Waals surface area contributed by atoms with Crippen LogP contribution in [0.5, 0.6) is 5.88 Å². The van der Waals surface area contributed by atoms with Gasteiger partial charge in [-0.25, -0.2) is 14.8 Å². The number of piperidine rings is 1. The first kappa shape index (κ1) is 18.7. The summed E-state index contributed by atoms with van der Waals surface area (Å²) < 4.78 is 5.57. The van der Waals surface area contributed by atoms with Crippen LogP contribution in [-0.4, -0.2) is 51.4 Å². The molecule has 7 nitrogen and oxygen atoms in total. The molecule has 7 heteroatoms. The highest BCUT2D eigenvalue weighted by atomic mass is 16.5. The number of aliphatic hydroxyl groups excluding tert-OH is 1. The predicted octanol–water partition coefficient (Wildman–Crippen LogP) is 2.98. The molecule has 0 spiro atoms. The molecule has 1 aliphatic heterocycles. The molecule has 2 aliphatic rings. The Morgan fingerprint density at radius 3 is 2.82 bits per heavy atom. The molecule has 2 N–H and O–H groups in total. The first-order valence-electron chi connectivity index (χ1n) is 9.85. The van der Waals surface area contributed by atoms with Crippen molar-refractivity contribution in [2.75, 3.05) is 18.1 Å².